The van der Waals surface area contributed by atoms with Crippen LogP contribution in [0, 0.1) is 0 Å². The predicted octanol–water partition coefficient (Wildman–Crippen LogP) is 3.69. The number of benzene rings is 1. The van der Waals surface area contributed by atoms with Gasteiger partial charge in [0.25, 0.3) is 0 Å². The van der Waals surface area contributed by atoms with E-state index in [0.29, 0.717) is 38.2 Å². The molecule has 9 nitrogen and oxygen atoms in total. The number of anilines is 3. The summed E-state index contributed by atoms with van der Waals surface area (Å²) in [5, 5.41) is 12.8. The Morgan fingerprint density at radius 2 is 1.91 bits per heavy atom. The Morgan fingerprint density at radius 1 is 1.18 bits per heavy atom. The first-order valence-corrected chi connectivity index (χ1v) is 10.6. The number of fused-ring (bicyclic) bond motifs is 1. The SMILES string of the molecule is CCC(=O)Nc1ccc(CNc2nc(NC3CCOCC3)nc3c(C(F)(F)F)cnn23)cc1. The molecule has 0 radical (unpaired) electrons. The minimum atomic E-state index is -4.60. The highest BCUT2D eigenvalue weighted by Gasteiger charge is 2.36. The Morgan fingerprint density at radius 3 is 2.58 bits per heavy atom. The van der Waals surface area contributed by atoms with Crippen LogP contribution in [0.5, 0.6) is 0 Å². The number of carbonyl (C=O) groups excluding carboxylic acids is 1. The molecule has 33 heavy (non-hydrogen) atoms. The topological polar surface area (TPSA) is 105 Å². The number of alkyl halides is 3. The van der Waals surface area contributed by atoms with Gasteiger partial charge >= 0.3 is 6.18 Å². The number of amides is 1. The minimum Gasteiger partial charge on any atom is -0.381 e. The van der Waals surface area contributed by atoms with Crippen LogP contribution in [0.2, 0.25) is 0 Å². The van der Waals surface area contributed by atoms with E-state index in [2.05, 4.69) is 31.0 Å². The van der Waals surface area contributed by atoms with Crippen LogP contribution >= 0.6 is 0 Å². The molecule has 2 aromatic heterocycles. The summed E-state index contributed by atoms with van der Waals surface area (Å²) in [4.78, 5) is 20.0. The Balaban J connectivity index is 1.57. The summed E-state index contributed by atoms with van der Waals surface area (Å²) in [6, 6.07) is 7.14. The van der Waals surface area contributed by atoms with Crippen molar-refractivity contribution in [3.05, 3.63) is 41.6 Å². The maximum absolute atomic E-state index is 13.5. The van der Waals surface area contributed by atoms with Crippen LogP contribution in [0.15, 0.2) is 30.5 Å². The number of nitrogens with zero attached hydrogens (tertiary/aromatic N) is 4. The van der Waals surface area contributed by atoms with Crippen LogP contribution in [-0.2, 0) is 22.3 Å². The Hall–Kier alpha value is -3.41. The van der Waals surface area contributed by atoms with Crippen LogP contribution in [0.3, 0.4) is 0 Å². The van der Waals surface area contributed by atoms with E-state index < -0.39 is 11.7 Å². The standard InChI is InChI=1S/C21H24F3N7O2/c1-2-17(32)27-14-5-3-13(4-6-14)11-25-20-30-19(28-15-7-9-33-10-8-15)29-18-16(21(22,23)24)12-26-31(18)20/h3-6,12,15H,2,7-11H2,1H3,(H,27,32)(H2,25,28,29,30). The Bertz CT molecular complexity index is 1110. The lowest BCUT2D eigenvalue weighted by atomic mass is 10.1. The zero-order chi connectivity index (χ0) is 23.4. The summed E-state index contributed by atoms with van der Waals surface area (Å²) < 4.78 is 46.8. The number of nitrogens with one attached hydrogen (secondary N) is 3. The third-order valence-electron chi connectivity index (χ3n) is 5.24. The molecule has 0 unspecified atom stereocenters. The van der Waals surface area contributed by atoms with Gasteiger partial charge < -0.3 is 20.7 Å². The highest BCUT2D eigenvalue weighted by molar-refractivity contribution is 5.90. The van der Waals surface area contributed by atoms with Gasteiger partial charge in [-0.15, -0.1) is 0 Å². The average molecular weight is 463 g/mol. The van der Waals surface area contributed by atoms with Crippen LogP contribution < -0.4 is 16.0 Å². The second-order valence-electron chi connectivity index (χ2n) is 7.65. The second kappa shape index (κ2) is 9.61. The lowest BCUT2D eigenvalue weighted by Gasteiger charge is -2.23. The fourth-order valence-electron chi connectivity index (χ4n) is 3.42. The van der Waals surface area contributed by atoms with Gasteiger partial charge in [0.15, 0.2) is 5.65 Å². The highest BCUT2D eigenvalue weighted by atomic mass is 19.4. The smallest absolute Gasteiger partial charge is 0.381 e. The van der Waals surface area contributed by atoms with Crippen molar-refractivity contribution in [3.63, 3.8) is 0 Å². The maximum Gasteiger partial charge on any atom is 0.421 e. The van der Waals surface area contributed by atoms with Crippen molar-refractivity contribution >= 4 is 29.1 Å². The zero-order valence-corrected chi connectivity index (χ0v) is 17.9. The molecule has 3 aromatic rings. The van der Waals surface area contributed by atoms with Crippen molar-refractivity contribution in [2.75, 3.05) is 29.2 Å². The van der Waals surface area contributed by atoms with E-state index in [1.807, 2.05) is 12.1 Å². The lowest BCUT2D eigenvalue weighted by Crippen LogP contribution is -2.29. The summed E-state index contributed by atoms with van der Waals surface area (Å²) >= 11 is 0. The molecule has 0 atom stereocenters. The average Bonchev–Trinajstić information content (AvgIpc) is 3.24. The fraction of sp³-hybridized carbons (Fsp3) is 0.429. The summed E-state index contributed by atoms with van der Waals surface area (Å²) in [7, 11) is 0. The highest BCUT2D eigenvalue weighted by Crippen LogP contribution is 2.32. The number of hydrogen-bond acceptors (Lipinski definition) is 7. The van der Waals surface area contributed by atoms with Crippen LogP contribution in [0.25, 0.3) is 5.65 Å². The molecular formula is C21H24F3N7O2. The van der Waals surface area contributed by atoms with Crippen molar-refractivity contribution in [1.82, 2.24) is 19.6 Å². The minimum absolute atomic E-state index is 0.0113. The van der Waals surface area contributed by atoms with Gasteiger partial charge in [0, 0.05) is 37.9 Å². The van der Waals surface area contributed by atoms with Crippen molar-refractivity contribution in [3.8, 4) is 0 Å². The van der Waals surface area contributed by atoms with Gasteiger partial charge in [-0.2, -0.15) is 32.8 Å². The van der Waals surface area contributed by atoms with Crippen LogP contribution in [-0.4, -0.2) is 44.7 Å². The van der Waals surface area contributed by atoms with Gasteiger partial charge in [0.05, 0.1) is 6.20 Å². The number of rotatable bonds is 7. The van der Waals surface area contributed by atoms with Crippen molar-refractivity contribution in [1.29, 1.82) is 0 Å². The molecule has 1 aliphatic heterocycles. The van der Waals surface area contributed by atoms with Crippen molar-refractivity contribution in [2.45, 2.75) is 44.9 Å². The van der Waals surface area contributed by atoms with Gasteiger partial charge in [0.1, 0.15) is 5.56 Å². The predicted molar refractivity (Wildman–Crippen MR) is 116 cm³/mol. The third kappa shape index (κ3) is 5.51. The van der Waals surface area contributed by atoms with Crippen LogP contribution in [0.4, 0.5) is 30.8 Å². The molecule has 1 aliphatic rings. The molecule has 0 spiro atoms. The van der Waals surface area contributed by atoms with E-state index >= 15 is 0 Å². The first-order valence-electron chi connectivity index (χ1n) is 10.6. The van der Waals surface area contributed by atoms with Crippen molar-refractivity contribution in [2.24, 2.45) is 0 Å². The summed E-state index contributed by atoms with van der Waals surface area (Å²) in [5.74, 6) is 0.141. The molecule has 1 amide bonds. The van der Waals surface area contributed by atoms with Crippen molar-refractivity contribution < 1.29 is 22.7 Å². The number of aromatic nitrogens is 4. The molecule has 1 saturated heterocycles. The van der Waals surface area contributed by atoms with Gasteiger partial charge in [-0.1, -0.05) is 19.1 Å². The molecule has 0 saturated carbocycles. The van der Waals surface area contributed by atoms with Gasteiger partial charge in [-0.25, -0.2) is 0 Å². The molecule has 1 aromatic carbocycles. The zero-order valence-electron chi connectivity index (χ0n) is 17.9. The van der Waals surface area contributed by atoms with E-state index in [1.165, 1.54) is 0 Å². The molecule has 3 N–H and O–H groups in total. The fourth-order valence-corrected chi connectivity index (χ4v) is 3.42. The third-order valence-corrected chi connectivity index (χ3v) is 5.24. The Kier molecular flexibility index (Phi) is 6.63. The molecule has 1 fully saturated rings. The maximum atomic E-state index is 13.5. The molecule has 12 heteroatoms. The summed E-state index contributed by atoms with van der Waals surface area (Å²) in [6.45, 7) is 3.19. The quantitative estimate of drug-likeness (QED) is 0.491. The number of halogens is 3. The lowest BCUT2D eigenvalue weighted by molar-refractivity contribution is -0.136. The van der Waals surface area contributed by atoms with E-state index in [9.17, 15) is 18.0 Å². The van der Waals surface area contributed by atoms with Gasteiger partial charge in [-0.3, -0.25) is 4.79 Å². The first-order chi connectivity index (χ1) is 15.8. The van der Waals surface area contributed by atoms with E-state index in [1.54, 1.807) is 19.1 Å². The molecule has 3 heterocycles. The van der Waals surface area contributed by atoms with E-state index in [0.717, 1.165) is 16.3 Å². The van der Waals surface area contributed by atoms with Crippen LogP contribution in [0.1, 0.15) is 37.3 Å². The monoisotopic (exact) mass is 463 g/mol. The normalized spacial score (nSPS) is 14.9. The molecule has 0 bridgehead atoms. The van der Waals surface area contributed by atoms with E-state index in [4.69, 9.17) is 4.74 Å². The second-order valence-corrected chi connectivity index (χ2v) is 7.65. The van der Waals surface area contributed by atoms with E-state index in [-0.39, 0.29) is 36.0 Å². The Labute approximate surface area is 187 Å². The molecular weight excluding hydrogens is 439 g/mol. The van der Waals surface area contributed by atoms with Gasteiger partial charge in [-0.05, 0) is 30.5 Å². The number of ether oxygens (including phenoxy) is 1. The first kappa shape index (κ1) is 22.8. The molecule has 0 aliphatic carbocycles. The summed E-state index contributed by atoms with van der Waals surface area (Å²) in [6.07, 6.45) is -2.05. The summed E-state index contributed by atoms with van der Waals surface area (Å²) in [5.41, 5.74) is 0.254. The largest absolute Gasteiger partial charge is 0.421 e. The molecule has 4 rings (SSSR count). The number of carbonyl (C=O) groups is 1. The van der Waals surface area contributed by atoms with Gasteiger partial charge in [0.2, 0.25) is 17.8 Å². The molecule has 176 valence electrons. The number of hydrogen-bond donors (Lipinski definition) is 3.